The highest BCUT2D eigenvalue weighted by molar-refractivity contribution is 5.12. The lowest BCUT2D eigenvalue weighted by atomic mass is 9.72. The van der Waals surface area contributed by atoms with Crippen LogP contribution in [0.2, 0.25) is 0 Å². The van der Waals surface area contributed by atoms with Crippen molar-refractivity contribution < 1.29 is 4.74 Å². The molecule has 0 aromatic rings. The van der Waals surface area contributed by atoms with E-state index < -0.39 is 0 Å². The number of fused-ring (bicyclic) bond motifs is 6. The Balaban J connectivity index is 1.65. The Bertz CT molecular complexity index is 287. The normalized spacial score (nSPS) is 61.8. The molecular weight excluding hydrogens is 184 g/mol. The summed E-state index contributed by atoms with van der Waals surface area (Å²) in [6.45, 7) is 2.27. The Morgan fingerprint density at radius 2 is 2.00 bits per heavy atom. The fourth-order valence-electron chi connectivity index (χ4n) is 5.60. The maximum atomic E-state index is 6.35. The molecular formula is C14H22O. The molecule has 1 nitrogen and oxygen atoms in total. The monoisotopic (exact) mass is 206 g/mol. The molecule has 2 bridgehead atoms. The van der Waals surface area contributed by atoms with Gasteiger partial charge >= 0.3 is 0 Å². The van der Waals surface area contributed by atoms with E-state index in [2.05, 4.69) is 6.92 Å². The van der Waals surface area contributed by atoms with Crippen molar-refractivity contribution >= 4 is 0 Å². The standard InChI is InChI=1S/C14H22O/c1-9-5-6-14(15-9)8-10-7-13(14)12-4-2-3-11(10)12/h9-13H,2-8H2,1H3. The van der Waals surface area contributed by atoms with Gasteiger partial charge in [0.1, 0.15) is 0 Å². The first-order chi connectivity index (χ1) is 7.28. The summed E-state index contributed by atoms with van der Waals surface area (Å²) in [4.78, 5) is 0. The zero-order valence-corrected chi connectivity index (χ0v) is 9.74. The highest BCUT2D eigenvalue weighted by Crippen LogP contribution is 2.65. The van der Waals surface area contributed by atoms with Crippen LogP contribution in [0.5, 0.6) is 0 Å². The van der Waals surface area contributed by atoms with Gasteiger partial charge in [0, 0.05) is 0 Å². The lowest BCUT2D eigenvalue weighted by molar-refractivity contribution is -0.0914. The first-order valence-corrected chi connectivity index (χ1v) is 6.96. The molecule has 0 radical (unpaired) electrons. The summed E-state index contributed by atoms with van der Waals surface area (Å²) < 4.78 is 6.35. The Kier molecular flexibility index (Phi) is 1.68. The van der Waals surface area contributed by atoms with Crippen molar-refractivity contribution in [2.45, 2.75) is 63.6 Å². The Labute approximate surface area is 92.6 Å². The van der Waals surface area contributed by atoms with Crippen molar-refractivity contribution in [1.29, 1.82) is 0 Å². The number of ether oxygens (including phenoxy) is 1. The molecule has 4 rings (SSSR count). The van der Waals surface area contributed by atoms with Gasteiger partial charge in [0.15, 0.2) is 0 Å². The Hall–Kier alpha value is -0.0400. The Morgan fingerprint density at radius 3 is 2.80 bits per heavy atom. The van der Waals surface area contributed by atoms with E-state index >= 15 is 0 Å². The third kappa shape index (κ3) is 1.03. The molecule has 6 atom stereocenters. The minimum atomic E-state index is 0.371. The van der Waals surface area contributed by atoms with E-state index in [1.165, 1.54) is 44.9 Å². The molecule has 1 saturated heterocycles. The van der Waals surface area contributed by atoms with Crippen molar-refractivity contribution in [2.24, 2.45) is 23.7 Å². The van der Waals surface area contributed by atoms with Crippen LogP contribution in [0.15, 0.2) is 0 Å². The summed E-state index contributed by atoms with van der Waals surface area (Å²) in [5.41, 5.74) is 0.371. The molecule has 0 aromatic carbocycles. The van der Waals surface area contributed by atoms with Crippen LogP contribution in [0.1, 0.15) is 51.9 Å². The highest BCUT2D eigenvalue weighted by Gasteiger charge is 2.62. The quantitative estimate of drug-likeness (QED) is 0.590. The summed E-state index contributed by atoms with van der Waals surface area (Å²) in [7, 11) is 0. The first kappa shape index (κ1) is 9.04. The predicted molar refractivity (Wildman–Crippen MR) is 59.6 cm³/mol. The summed E-state index contributed by atoms with van der Waals surface area (Å²) >= 11 is 0. The van der Waals surface area contributed by atoms with Crippen LogP contribution in [0.4, 0.5) is 0 Å². The molecule has 3 aliphatic carbocycles. The van der Waals surface area contributed by atoms with E-state index in [-0.39, 0.29) is 0 Å². The van der Waals surface area contributed by atoms with Gasteiger partial charge in [0.2, 0.25) is 0 Å². The molecule has 84 valence electrons. The molecule has 1 heterocycles. The van der Waals surface area contributed by atoms with E-state index in [1.54, 1.807) is 0 Å². The summed E-state index contributed by atoms with van der Waals surface area (Å²) in [6, 6.07) is 0. The van der Waals surface area contributed by atoms with E-state index in [4.69, 9.17) is 4.74 Å². The van der Waals surface area contributed by atoms with Crippen molar-refractivity contribution in [3.8, 4) is 0 Å². The summed E-state index contributed by atoms with van der Waals surface area (Å²) in [6.07, 6.45) is 10.7. The van der Waals surface area contributed by atoms with Gasteiger partial charge in [-0.05, 0) is 69.1 Å². The molecule has 1 spiro atoms. The fourth-order valence-corrected chi connectivity index (χ4v) is 5.60. The molecule has 1 heteroatoms. The molecule has 1 aliphatic heterocycles. The zero-order valence-electron chi connectivity index (χ0n) is 9.74. The van der Waals surface area contributed by atoms with Crippen LogP contribution in [-0.2, 0) is 4.74 Å². The van der Waals surface area contributed by atoms with Crippen LogP contribution < -0.4 is 0 Å². The van der Waals surface area contributed by atoms with Gasteiger partial charge in [0.25, 0.3) is 0 Å². The fraction of sp³-hybridized carbons (Fsp3) is 1.00. The minimum absolute atomic E-state index is 0.371. The number of hydrogen-bond donors (Lipinski definition) is 0. The maximum Gasteiger partial charge on any atom is 0.0720 e. The van der Waals surface area contributed by atoms with Crippen LogP contribution in [0.25, 0.3) is 0 Å². The van der Waals surface area contributed by atoms with Crippen molar-refractivity contribution in [3.05, 3.63) is 0 Å². The van der Waals surface area contributed by atoms with Gasteiger partial charge in [-0.25, -0.2) is 0 Å². The van der Waals surface area contributed by atoms with Gasteiger partial charge in [-0.2, -0.15) is 0 Å². The molecule has 6 unspecified atom stereocenters. The summed E-state index contributed by atoms with van der Waals surface area (Å²) in [5, 5.41) is 0. The molecule has 0 N–H and O–H groups in total. The zero-order chi connectivity index (χ0) is 10.0. The van der Waals surface area contributed by atoms with E-state index in [0.29, 0.717) is 11.7 Å². The molecule has 15 heavy (non-hydrogen) atoms. The molecule has 4 fully saturated rings. The molecule has 0 aromatic heterocycles. The van der Waals surface area contributed by atoms with E-state index in [0.717, 1.165) is 23.7 Å². The van der Waals surface area contributed by atoms with Gasteiger partial charge < -0.3 is 4.74 Å². The van der Waals surface area contributed by atoms with E-state index in [9.17, 15) is 0 Å². The lowest BCUT2D eigenvalue weighted by Crippen LogP contribution is -2.41. The van der Waals surface area contributed by atoms with Crippen LogP contribution in [0, 0.1) is 23.7 Å². The SMILES string of the molecule is CC1CCC2(CC3CC2C2CCCC32)O1. The smallest absolute Gasteiger partial charge is 0.0720 e. The van der Waals surface area contributed by atoms with Crippen LogP contribution in [-0.4, -0.2) is 11.7 Å². The molecule has 3 saturated carbocycles. The number of hydrogen-bond acceptors (Lipinski definition) is 1. The van der Waals surface area contributed by atoms with E-state index in [1.807, 2.05) is 0 Å². The molecule has 4 aliphatic rings. The van der Waals surface area contributed by atoms with Crippen molar-refractivity contribution in [2.75, 3.05) is 0 Å². The highest BCUT2D eigenvalue weighted by atomic mass is 16.5. The van der Waals surface area contributed by atoms with Crippen LogP contribution >= 0.6 is 0 Å². The second kappa shape index (κ2) is 2.80. The summed E-state index contributed by atoms with van der Waals surface area (Å²) in [5.74, 6) is 4.18. The second-order valence-corrected chi connectivity index (χ2v) is 6.60. The topological polar surface area (TPSA) is 9.23 Å². The predicted octanol–water partition coefficient (Wildman–Crippen LogP) is 3.38. The first-order valence-electron chi connectivity index (χ1n) is 6.96. The minimum Gasteiger partial charge on any atom is -0.372 e. The third-order valence-electron chi connectivity index (χ3n) is 6.00. The average molecular weight is 206 g/mol. The maximum absolute atomic E-state index is 6.35. The van der Waals surface area contributed by atoms with Crippen molar-refractivity contribution in [1.82, 2.24) is 0 Å². The van der Waals surface area contributed by atoms with Gasteiger partial charge in [0.05, 0.1) is 11.7 Å². The van der Waals surface area contributed by atoms with Gasteiger partial charge in [-0.3, -0.25) is 0 Å². The van der Waals surface area contributed by atoms with Crippen LogP contribution in [0.3, 0.4) is 0 Å². The Morgan fingerprint density at radius 1 is 1.13 bits per heavy atom. The van der Waals surface area contributed by atoms with Crippen molar-refractivity contribution in [3.63, 3.8) is 0 Å². The van der Waals surface area contributed by atoms with Gasteiger partial charge in [-0.1, -0.05) is 6.42 Å². The molecule has 0 amide bonds. The second-order valence-electron chi connectivity index (χ2n) is 6.60. The van der Waals surface area contributed by atoms with Gasteiger partial charge in [-0.15, -0.1) is 0 Å². The largest absolute Gasteiger partial charge is 0.372 e. The lowest BCUT2D eigenvalue weighted by Gasteiger charge is -2.40. The average Bonchev–Trinajstić information content (AvgIpc) is 2.89. The third-order valence-corrected chi connectivity index (χ3v) is 6.00. The number of rotatable bonds is 0.